The highest BCUT2D eigenvalue weighted by Crippen LogP contribution is 2.31. The van der Waals surface area contributed by atoms with Gasteiger partial charge >= 0.3 is 5.97 Å². The lowest BCUT2D eigenvalue weighted by molar-refractivity contribution is -0.136. The molecule has 3 rings (SSSR count). The minimum absolute atomic E-state index is 0.121. The van der Waals surface area contributed by atoms with Gasteiger partial charge in [-0.1, -0.05) is 0 Å². The van der Waals surface area contributed by atoms with E-state index < -0.39 is 0 Å². The third kappa shape index (κ3) is 6.15. The predicted octanol–water partition coefficient (Wildman–Crippen LogP) is 1.84. The van der Waals surface area contributed by atoms with Gasteiger partial charge in [0.05, 0.1) is 20.8 Å². The van der Waals surface area contributed by atoms with Gasteiger partial charge in [0, 0.05) is 56.8 Å². The van der Waals surface area contributed by atoms with Crippen LogP contribution in [0, 0.1) is 0 Å². The van der Waals surface area contributed by atoms with E-state index in [1.54, 1.807) is 31.5 Å². The molecule has 1 aliphatic heterocycles. The number of carbonyl (C=O) groups excluding carboxylic acids is 2. The second kappa shape index (κ2) is 10.4. The number of benzene rings is 1. The molecule has 0 unspecified atom stereocenters. The van der Waals surface area contributed by atoms with Crippen LogP contribution in [0.25, 0.3) is 0 Å². The number of thiazole rings is 1. The van der Waals surface area contributed by atoms with Crippen LogP contribution in [0.3, 0.4) is 0 Å². The molecule has 0 saturated carbocycles. The number of hydrogen-bond acceptors (Lipinski definition) is 9. The Labute approximate surface area is 179 Å². The van der Waals surface area contributed by atoms with Crippen molar-refractivity contribution in [2.75, 3.05) is 52.3 Å². The summed E-state index contributed by atoms with van der Waals surface area (Å²) in [5.74, 6) is 1.10. The molecule has 1 amide bonds. The van der Waals surface area contributed by atoms with Gasteiger partial charge in [-0.05, 0) is 12.1 Å². The second-order valence-corrected chi connectivity index (χ2v) is 7.97. The Kier molecular flexibility index (Phi) is 7.61. The number of anilines is 1. The minimum atomic E-state index is -0.307. The molecule has 0 spiro atoms. The maximum Gasteiger partial charge on any atom is 0.325 e. The molecular formula is C20H26N4O5S. The first-order chi connectivity index (χ1) is 14.5. The molecule has 2 aromatic rings. The minimum Gasteiger partial charge on any atom is -0.493 e. The van der Waals surface area contributed by atoms with Crippen LogP contribution in [0.5, 0.6) is 17.2 Å². The Morgan fingerprint density at radius 1 is 1.10 bits per heavy atom. The van der Waals surface area contributed by atoms with Crippen LogP contribution in [0.2, 0.25) is 0 Å². The lowest BCUT2D eigenvalue weighted by Gasteiger charge is -2.33. The lowest BCUT2D eigenvalue weighted by atomic mass is 10.3. The Hall–Kier alpha value is -2.69. The first kappa shape index (κ1) is 22.0. The van der Waals surface area contributed by atoms with Gasteiger partial charge in [-0.25, -0.2) is 4.98 Å². The monoisotopic (exact) mass is 434 g/mol. The van der Waals surface area contributed by atoms with Crippen molar-refractivity contribution >= 4 is 28.3 Å². The number of carbonyl (C=O) groups is 2. The highest BCUT2D eigenvalue weighted by molar-refractivity contribution is 7.15. The fraction of sp³-hybridized carbons (Fsp3) is 0.450. The lowest BCUT2D eigenvalue weighted by Crippen LogP contribution is -2.47. The molecule has 1 fully saturated rings. The average molecular weight is 435 g/mol. The summed E-state index contributed by atoms with van der Waals surface area (Å²) >= 11 is 1.48. The zero-order valence-electron chi connectivity index (χ0n) is 17.3. The van der Waals surface area contributed by atoms with Gasteiger partial charge < -0.3 is 19.5 Å². The fourth-order valence-electron chi connectivity index (χ4n) is 3.14. The third-order valence-corrected chi connectivity index (χ3v) is 5.52. The van der Waals surface area contributed by atoms with Gasteiger partial charge in [0.15, 0.2) is 16.6 Å². The maximum atomic E-state index is 12.3. The van der Waals surface area contributed by atoms with E-state index in [-0.39, 0.29) is 18.4 Å². The van der Waals surface area contributed by atoms with E-state index in [1.165, 1.54) is 25.4 Å². The summed E-state index contributed by atoms with van der Waals surface area (Å²) in [4.78, 5) is 33.1. The van der Waals surface area contributed by atoms with E-state index in [0.29, 0.717) is 22.4 Å². The number of nitrogens with zero attached hydrogens (tertiary/aromatic N) is 3. The molecule has 1 aromatic carbocycles. The molecule has 1 aliphatic rings. The highest BCUT2D eigenvalue weighted by Gasteiger charge is 2.21. The number of ether oxygens (including phenoxy) is 3. The number of methoxy groups -OCH3 is 2. The molecule has 0 radical (unpaired) electrons. The van der Waals surface area contributed by atoms with E-state index >= 15 is 0 Å². The molecule has 9 nitrogen and oxygen atoms in total. The fourth-order valence-corrected chi connectivity index (χ4v) is 4.04. The molecule has 1 saturated heterocycles. The van der Waals surface area contributed by atoms with Gasteiger partial charge in [-0.15, -0.1) is 11.3 Å². The number of aromatic nitrogens is 1. The molecule has 30 heavy (non-hydrogen) atoms. The van der Waals surface area contributed by atoms with Crippen LogP contribution in [0.1, 0.15) is 11.8 Å². The number of piperazine rings is 1. The number of amides is 1. The van der Waals surface area contributed by atoms with Crippen LogP contribution in [0.4, 0.5) is 5.13 Å². The van der Waals surface area contributed by atoms with Crippen LogP contribution < -0.4 is 19.5 Å². The zero-order valence-corrected chi connectivity index (χ0v) is 18.2. The largest absolute Gasteiger partial charge is 0.493 e. The summed E-state index contributed by atoms with van der Waals surface area (Å²) in [6, 6.07) is 5.03. The Morgan fingerprint density at radius 3 is 2.47 bits per heavy atom. The van der Waals surface area contributed by atoms with Gasteiger partial charge in [0.2, 0.25) is 5.91 Å². The van der Waals surface area contributed by atoms with E-state index in [2.05, 4.69) is 20.1 Å². The van der Waals surface area contributed by atoms with Crippen molar-refractivity contribution in [1.82, 2.24) is 14.8 Å². The SMILES string of the molecule is COc1ccc(OC(=O)CN2CCN(Cc3cnc(NC(C)=O)s3)CC2)cc1OC. The zero-order chi connectivity index (χ0) is 21.5. The van der Waals surface area contributed by atoms with Crippen LogP contribution in [-0.4, -0.2) is 73.6 Å². The number of nitrogens with one attached hydrogen (secondary N) is 1. The van der Waals surface area contributed by atoms with Gasteiger partial charge in [0.25, 0.3) is 0 Å². The molecule has 2 heterocycles. The van der Waals surface area contributed by atoms with Crippen molar-refractivity contribution in [3.8, 4) is 17.2 Å². The topological polar surface area (TPSA) is 93.2 Å². The van der Waals surface area contributed by atoms with Crippen molar-refractivity contribution in [2.24, 2.45) is 0 Å². The van der Waals surface area contributed by atoms with E-state index in [4.69, 9.17) is 14.2 Å². The average Bonchev–Trinajstić information content (AvgIpc) is 3.15. The normalized spacial score (nSPS) is 14.9. The van der Waals surface area contributed by atoms with Crippen LogP contribution in [0.15, 0.2) is 24.4 Å². The molecule has 0 atom stereocenters. The molecule has 0 bridgehead atoms. The van der Waals surface area contributed by atoms with Crippen LogP contribution >= 0.6 is 11.3 Å². The van der Waals surface area contributed by atoms with Gasteiger partial charge in [-0.3, -0.25) is 19.4 Å². The summed E-state index contributed by atoms with van der Waals surface area (Å²) in [5.41, 5.74) is 0. The van der Waals surface area contributed by atoms with Crippen molar-refractivity contribution in [3.05, 3.63) is 29.3 Å². The molecule has 1 aromatic heterocycles. The summed E-state index contributed by atoms with van der Waals surface area (Å²) in [6.07, 6.45) is 1.79. The van der Waals surface area contributed by atoms with Crippen molar-refractivity contribution in [1.29, 1.82) is 0 Å². The first-order valence-corrected chi connectivity index (χ1v) is 10.4. The van der Waals surface area contributed by atoms with E-state index in [9.17, 15) is 9.59 Å². The molecular weight excluding hydrogens is 408 g/mol. The van der Waals surface area contributed by atoms with E-state index in [1.807, 2.05) is 0 Å². The molecule has 1 N–H and O–H groups in total. The standard InChI is InChI=1S/C20H26N4O5S/c1-14(25)22-20-21-11-16(30-20)12-23-6-8-24(9-7-23)13-19(26)29-15-4-5-17(27-2)18(10-15)28-3/h4-5,10-11H,6-9,12-13H2,1-3H3,(H,21,22,25). The predicted molar refractivity (Wildman–Crippen MR) is 113 cm³/mol. The molecule has 0 aliphatic carbocycles. The maximum absolute atomic E-state index is 12.3. The second-order valence-electron chi connectivity index (χ2n) is 6.86. The summed E-state index contributed by atoms with van der Waals surface area (Å²) in [6.45, 7) is 5.72. The van der Waals surface area contributed by atoms with Crippen LogP contribution in [-0.2, 0) is 16.1 Å². The number of rotatable bonds is 8. The Bertz CT molecular complexity index is 880. The Morgan fingerprint density at radius 2 is 1.80 bits per heavy atom. The summed E-state index contributed by atoms with van der Waals surface area (Å²) in [7, 11) is 3.09. The van der Waals surface area contributed by atoms with Crippen molar-refractivity contribution in [3.63, 3.8) is 0 Å². The molecule has 10 heteroatoms. The van der Waals surface area contributed by atoms with Gasteiger partial charge in [-0.2, -0.15) is 0 Å². The van der Waals surface area contributed by atoms with E-state index in [0.717, 1.165) is 37.6 Å². The number of esters is 1. The third-order valence-electron chi connectivity index (χ3n) is 4.62. The van der Waals surface area contributed by atoms with Crippen molar-refractivity contribution in [2.45, 2.75) is 13.5 Å². The highest BCUT2D eigenvalue weighted by atomic mass is 32.1. The first-order valence-electron chi connectivity index (χ1n) is 9.56. The Balaban J connectivity index is 1.43. The quantitative estimate of drug-likeness (QED) is 0.497. The summed E-state index contributed by atoms with van der Waals surface area (Å²) < 4.78 is 15.9. The smallest absolute Gasteiger partial charge is 0.325 e. The summed E-state index contributed by atoms with van der Waals surface area (Å²) in [5, 5.41) is 3.32. The molecule has 162 valence electrons. The number of hydrogen-bond donors (Lipinski definition) is 1. The van der Waals surface area contributed by atoms with Crippen molar-refractivity contribution < 1.29 is 23.8 Å². The van der Waals surface area contributed by atoms with Gasteiger partial charge in [0.1, 0.15) is 5.75 Å².